The van der Waals surface area contributed by atoms with Gasteiger partial charge in [-0.15, -0.1) is 0 Å². The van der Waals surface area contributed by atoms with Crippen molar-refractivity contribution < 1.29 is 4.79 Å². The quantitative estimate of drug-likeness (QED) is 0.712. The summed E-state index contributed by atoms with van der Waals surface area (Å²) >= 11 is 0. The molecule has 0 amide bonds. The van der Waals surface area contributed by atoms with Crippen LogP contribution in [0.3, 0.4) is 0 Å². The molecule has 0 unspecified atom stereocenters. The Labute approximate surface area is 88.4 Å². The minimum absolute atomic E-state index is 0.685. The molecule has 0 aliphatic carbocycles. The molecule has 0 spiro atoms. The van der Waals surface area contributed by atoms with E-state index in [1.54, 1.807) is 6.20 Å². The predicted molar refractivity (Wildman–Crippen MR) is 58.3 cm³/mol. The van der Waals surface area contributed by atoms with E-state index in [4.69, 9.17) is 0 Å². The monoisotopic (exact) mass is 200 g/mol. The number of nitrogens with zero attached hydrogens (tertiary/aromatic N) is 2. The molecule has 2 rings (SSSR count). The summed E-state index contributed by atoms with van der Waals surface area (Å²) in [5.74, 6) is 0.962. The van der Waals surface area contributed by atoms with Gasteiger partial charge < -0.3 is 4.57 Å². The van der Waals surface area contributed by atoms with E-state index in [-0.39, 0.29) is 0 Å². The second kappa shape index (κ2) is 4.09. The molecule has 0 saturated heterocycles. The summed E-state index contributed by atoms with van der Waals surface area (Å²) in [6.07, 6.45) is 5.34. The van der Waals surface area contributed by atoms with Crippen molar-refractivity contribution in [2.75, 3.05) is 0 Å². The van der Waals surface area contributed by atoms with E-state index >= 15 is 0 Å². The minimum Gasteiger partial charge on any atom is -0.303 e. The predicted octanol–water partition coefficient (Wildman–Crippen LogP) is 2.25. The molecule has 3 heteroatoms. The van der Waals surface area contributed by atoms with Crippen LogP contribution in [0.15, 0.2) is 36.7 Å². The molecule has 0 fully saturated rings. The number of benzene rings is 1. The molecule has 1 heterocycles. The second-order valence-corrected chi connectivity index (χ2v) is 3.24. The van der Waals surface area contributed by atoms with Gasteiger partial charge >= 0.3 is 0 Å². The van der Waals surface area contributed by atoms with E-state index in [9.17, 15) is 4.79 Å². The minimum atomic E-state index is 0.685. The van der Waals surface area contributed by atoms with Crippen LogP contribution in [0.2, 0.25) is 0 Å². The standard InChI is InChI=1S/C12H12N2O/c1-2-12-13-7-8-14(12)11-6-4-3-5-10(11)9-15/h3-9H,2H2,1H3. The number of aldehydes is 1. The number of imidazole rings is 1. The molecule has 0 atom stereocenters. The molecule has 0 aliphatic heterocycles. The van der Waals surface area contributed by atoms with E-state index in [1.807, 2.05) is 42.0 Å². The number of carbonyl (C=O) groups excluding carboxylic acids is 1. The number of rotatable bonds is 3. The summed E-state index contributed by atoms with van der Waals surface area (Å²) in [4.78, 5) is 15.1. The fourth-order valence-electron chi connectivity index (χ4n) is 1.62. The fourth-order valence-corrected chi connectivity index (χ4v) is 1.62. The molecule has 0 saturated carbocycles. The van der Waals surface area contributed by atoms with Crippen LogP contribution in [0.25, 0.3) is 5.69 Å². The van der Waals surface area contributed by atoms with Gasteiger partial charge in [-0.1, -0.05) is 19.1 Å². The zero-order chi connectivity index (χ0) is 10.7. The fraction of sp³-hybridized carbons (Fsp3) is 0.167. The summed E-state index contributed by atoms with van der Waals surface area (Å²) in [5, 5.41) is 0. The zero-order valence-corrected chi connectivity index (χ0v) is 8.55. The maximum Gasteiger partial charge on any atom is 0.152 e. The number of aromatic nitrogens is 2. The summed E-state index contributed by atoms with van der Waals surface area (Å²) in [5.41, 5.74) is 1.58. The van der Waals surface area contributed by atoms with Crippen molar-refractivity contribution in [3.8, 4) is 5.69 Å². The largest absolute Gasteiger partial charge is 0.303 e. The van der Waals surface area contributed by atoms with Gasteiger partial charge in [0.05, 0.1) is 5.69 Å². The molecule has 0 bridgehead atoms. The molecule has 15 heavy (non-hydrogen) atoms. The van der Waals surface area contributed by atoms with Gasteiger partial charge in [-0.25, -0.2) is 4.98 Å². The van der Waals surface area contributed by atoms with E-state index < -0.39 is 0 Å². The lowest BCUT2D eigenvalue weighted by molar-refractivity contribution is 0.112. The maximum atomic E-state index is 10.9. The van der Waals surface area contributed by atoms with Crippen LogP contribution in [0.4, 0.5) is 0 Å². The van der Waals surface area contributed by atoms with E-state index in [2.05, 4.69) is 4.98 Å². The molecule has 2 aromatic rings. The average molecular weight is 200 g/mol. The third kappa shape index (κ3) is 1.68. The number of hydrogen-bond donors (Lipinski definition) is 0. The van der Waals surface area contributed by atoms with Crippen LogP contribution < -0.4 is 0 Å². The number of hydrogen-bond acceptors (Lipinski definition) is 2. The summed E-state index contributed by atoms with van der Waals surface area (Å²) < 4.78 is 1.95. The van der Waals surface area contributed by atoms with Gasteiger partial charge in [0.25, 0.3) is 0 Å². The Balaban J connectivity index is 2.58. The smallest absolute Gasteiger partial charge is 0.152 e. The molecule has 1 aromatic heterocycles. The number of carbonyl (C=O) groups is 1. The molecular formula is C12H12N2O. The second-order valence-electron chi connectivity index (χ2n) is 3.24. The van der Waals surface area contributed by atoms with Gasteiger partial charge in [0, 0.05) is 24.4 Å². The Morgan fingerprint density at radius 3 is 2.93 bits per heavy atom. The van der Waals surface area contributed by atoms with Crippen LogP contribution in [0, 0.1) is 0 Å². The Bertz CT molecular complexity index is 474. The Kier molecular flexibility index (Phi) is 2.63. The van der Waals surface area contributed by atoms with Crippen LogP contribution in [-0.4, -0.2) is 15.8 Å². The van der Waals surface area contributed by atoms with E-state index in [1.165, 1.54) is 0 Å². The van der Waals surface area contributed by atoms with Gasteiger partial charge in [-0.3, -0.25) is 4.79 Å². The third-order valence-electron chi connectivity index (χ3n) is 2.36. The highest BCUT2D eigenvalue weighted by Crippen LogP contribution is 2.14. The first kappa shape index (κ1) is 9.65. The van der Waals surface area contributed by atoms with Crippen molar-refractivity contribution in [3.63, 3.8) is 0 Å². The SMILES string of the molecule is CCc1nccn1-c1ccccc1C=O. The van der Waals surface area contributed by atoms with Crippen molar-refractivity contribution in [3.05, 3.63) is 48.0 Å². The average Bonchev–Trinajstić information content (AvgIpc) is 2.76. The lowest BCUT2D eigenvalue weighted by Crippen LogP contribution is -2.02. The first-order valence-corrected chi connectivity index (χ1v) is 4.93. The third-order valence-corrected chi connectivity index (χ3v) is 2.36. The van der Waals surface area contributed by atoms with Gasteiger partial charge in [-0.2, -0.15) is 0 Å². The molecule has 76 valence electrons. The van der Waals surface area contributed by atoms with Gasteiger partial charge in [0.1, 0.15) is 5.82 Å². The van der Waals surface area contributed by atoms with Crippen LogP contribution >= 0.6 is 0 Å². The summed E-state index contributed by atoms with van der Waals surface area (Å²) in [7, 11) is 0. The summed E-state index contributed by atoms with van der Waals surface area (Å²) in [6, 6.07) is 7.50. The van der Waals surface area contributed by atoms with E-state index in [0.717, 1.165) is 24.2 Å². The van der Waals surface area contributed by atoms with Crippen molar-refractivity contribution in [1.29, 1.82) is 0 Å². The van der Waals surface area contributed by atoms with Crippen molar-refractivity contribution in [2.24, 2.45) is 0 Å². The molecule has 0 N–H and O–H groups in total. The van der Waals surface area contributed by atoms with Gasteiger partial charge in [0.2, 0.25) is 0 Å². The van der Waals surface area contributed by atoms with Crippen molar-refractivity contribution in [2.45, 2.75) is 13.3 Å². The lowest BCUT2D eigenvalue weighted by atomic mass is 10.2. The van der Waals surface area contributed by atoms with Crippen molar-refractivity contribution in [1.82, 2.24) is 9.55 Å². The molecular weight excluding hydrogens is 188 g/mol. The number of para-hydroxylation sites is 1. The molecule has 0 aliphatic rings. The maximum absolute atomic E-state index is 10.9. The van der Waals surface area contributed by atoms with Crippen LogP contribution in [-0.2, 0) is 6.42 Å². The van der Waals surface area contributed by atoms with Gasteiger partial charge in [-0.05, 0) is 12.1 Å². The van der Waals surface area contributed by atoms with E-state index in [0.29, 0.717) is 5.56 Å². The topological polar surface area (TPSA) is 34.9 Å². The first-order valence-electron chi connectivity index (χ1n) is 4.93. The Morgan fingerprint density at radius 1 is 1.40 bits per heavy atom. The van der Waals surface area contributed by atoms with Crippen molar-refractivity contribution >= 4 is 6.29 Å². The van der Waals surface area contributed by atoms with Gasteiger partial charge in [0.15, 0.2) is 6.29 Å². The highest BCUT2D eigenvalue weighted by atomic mass is 16.1. The highest BCUT2D eigenvalue weighted by Gasteiger charge is 2.06. The lowest BCUT2D eigenvalue weighted by Gasteiger charge is -2.08. The highest BCUT2D eigenvalue weighted by molar-refractivity contribution is 5.80. The molecule has 3 nitrogen and oxygen atoms in total. The summed E-state index contributed by atoms with van der Waals surface area (Å²) in [6.45, 7) is 2.04. The zero-order valence-electron chi connectivity index (χ0n) is 8.55. The molecule has 0 radical (unpaired) electrons. The molecule has 1 aromatic carbocycles. The Morgan fingerprint density at radius 2 is 2.20 bits per heavy atom. The normalized spacial score (nSPS) is 10.2. The number of aryl methyl sites for hydroxylation is 1. The van der Waals surface area contributed by atoms with Crippen LogP contribution in [0.1, 0.15) is 23.1 Å². The van der Waals surface area contributed by atoms with Crippen LogP contribution in [0.5, 0.6) is 0 Å². The Hall–Kier alpha value is -1.90. The first-order chi connectivity index (χ1) is 7.36.